The minimum Gasteiger partial charge on any atom is -0.351 e. The maximum Gasteiger partial charge on any atom is 0.416 e. The lowest BCUT2D eigenvalue weighted by atomic mass is 9.93. The molecule has 1 fully saturated rings. The van der Waals surface area contributed by atoms with E-state index in [1.807, 2.05) is 0 Å². The number of benzene rings is 2. The van der Waals surface area contributed by atoms with Gasteiger partial charge in [0.2, 0.25) is 5.91 Å². The van der Waals surface area contributed by atoms with E-state index in [-0.39, 0.29) is 27.9 Å². The highest BCUT2D eigenvalue weighted by Gasteiger charge is 2.42. The van der Waals surface area contributed by atoms with Crippen LogP contribution in [0.25, 0.3) is 0 Å². The molecule has 2 aromatic carbocycles. The molecule has 3 aromatic rings. The van der Waals surface area contributed by atoms with E-state index >= 15 is 0 Å². The molecule has 2 amide bonds. The van der Waals surface area contributed by atoms with Gasteiger partial charge in [-0.2, -0.15) is 13.2 Å². The number of anilines is 1. The molecule has 1 aromatic heterocycles. The predicted molar refractivity (Wildman–Crippen MR) is 132 cm³/mol. The Labute approximate surface area is 215 Å². The van der Waals surface area contributed by atoms with Crippen LogP contribution < -0.4 is 10.2 Å². The van der Waals surface area contributed by atoms with Crippen LogP contribution in [0.2, 0.25) is 0 Å². The summed E-state index contributed by atoms with van der Waals surface area (Å²) in [5, 5.41) is 6.70. The minimum atomic E-state index is -4.80. The highest BCUT2D eigenvalue weighted by molar-refractivity contribution is 7.08. The number of nitrogens with zero attached hydrogens (tertiary/aromatic N) is 3. The molecule has 1 saturated carbocycles. The third-order valence-corrected chi connectivity index (χ3v) is 7.33. The van der Waals surface area contributed by atoms with Crippen molar-refractivity contribution >= 4 is 29.0 Å². The summed E-state index contributed by atoms with van der Waals surface area (Å²) < 4.78 is 60.9. The monoisotopic (exact) mass is 534 g/mol. The molecular weight excluding hydrogens is 508 g/mol. The summed E-state index contributed by atoms with van der Waals surface area (Å²) >= 11 is 0.758. The maximum absolute atomic E-state index is 14.7. The SMILES string of the molecule is Cc1ccc(N(C(=O)c2snnc2C)C(C(=O)NC2CCCCC2)c2ccccc2C(F)(F)F)cc1F. The van der Waals surface area contributed by atoms with Crippen LogP contribution in [0.5, 0.6) is 0 Å². The average Bonchev–Trinajstić information content (AvgIpc) is 3.29. The van der Waals surface area contributed by atoms with Crippen molar-refractivity contribution in [3.63, 3.8) is 0 Å². The van der Waals surface area contributed by atoms with Gasteiger partial charge in [-0.25, -0.2) is 4.39 Å². The first-order valence-corrected chi connectivity index (χ1v) is 12.7. The van der Waals surface area contributed by atoms with Crippen LogP contribution in [-0.4, -0.2) is 27.4 Å². The molecule has 6 nitrogen and oxygen atoms in total. The van der Waals surface area contributed by atoms with Crippen LogP contribution in [0.4, 0.5) is 23.2 Å². The van der Waals surface area contributed by atoms with Gasteiger partial charge in [0.05, 0.1) is 11.3 Å². The molecular formula is C26H26F4N4O2S. The molecule has 0 aliphatic heterocycles. The highest BCUT2D eigenvalue weighted by Crippen LogP contribution is 2.39. The summed E-state index contributed by atoms with van der Waals surface area (Å²) in [6.45, 7) is 3.06. The van der Waals surface area contributed by atoms with E-state index in [1.54, 1.807) is 0 Å². The van der Waals surface area contributed by atoms with Crippen LogP contribution in [0, 0.1) is 19.7 Å². The molecule has 1 unspecified atom stereocenters. The second-order valence-corrected chi connectivity index (χ2v) is 9.88. The topological polar surface area (TPSA) is 75.2 Å². The Morgan fingerprint density at radius 2 is 1.78 bits per heavy atom. The zero-order valence-corrected chi connectivity index (χ0v) is 21.1. The molecule has 0 radical (unpaired) electrons. The van der Waals surface area contributed by atoms with Gasteiger partial charge in [-0.1, -0.05) is 48.0 Å². The Hall–Kier alpha value is -3.34. The number of carbonyl (C=O) groups is 2. The summed E-state index contributed by atoms with van der Waals surface area (Å²) in [5.41, 5.74) is -0.980. The summed E-state index contributed by atoms with van der Waals surface area (Å²) in [5.74, 6) is -2.23. The third-order valence-electron chi connectivity index (χ3n) is 6.52. The largest absolute Gasteiger partial charge is 0.416 e. The zero-order valence-electron chi connectivity index (χ0n) is 20.3. The van der Waals surface area contributed by atoms with Crippen molar-refractivity contribution in [3.05, 3.63) is 75.5 Å². The van der Waals surface area contributed by atoms with Crippen molar-refractivity contribution in [2.75, 3.05) is 4.90 Å². The van der Waals surface area contributed by atoms with Crippen LogP contribution in [0.15, 0.2) is 42.5 Å². The van der Waals surface area contributed by atoms with E-state index in [0.29, 0.717) is 12.8 Å². The number of carbonyl (C=O) groups excluding carboxylic acids is 2. The standard InChI is InChI=1S/C26H26F4N4O2S/c1-15-12-13-18(14-21(15)27)34(25(36)23-16(2)32-33-37-23)22(24(35)31-17-8-4-3-5-9-17)19-10-6-7-11-20(19)26(28,29)30/h6-7,10-14,17,22H,3-5,8-9H2,1-2H3,(H,31,35). The van der Waals surface area contributed by atoms with Gasteiger partial charge in [0.25, 0.3) is 5.91 Å². The van der Waals surface area contributed by atoms with E-state index in [0.717, 1.165) is 47.8 Å². The minimum absolute atomic E-state index is 0.0425. The van der Waals surface area contributed by atoms with Crippen molar-refractivity contribution in [3.8, 4) is 0 Å². The van der Waals surface area contributed by atoms with Crippen LogP contribution >= 0.6 is 11.5 Å². The number of nitrogens with one attached hydrogen (secondary N) is 1. The Balaban J connectivity index is 1.92. The quantitative estimate of drug-likeness (QED) is 0.385. The first kappa shape index (κ1) is 26.7. The molecule has 1 N–H and O–H groups in total. The van der Waals surface area contributed by atoms with Crippen molar-refractivity contribution < 1.29 is 27.2 Å². The lowest BCUT2D eigenvalue weighted by molar-refractivity contribution is -0.138. The number of hydrogen-bond acceptors (Lipinski definition) is 5. The fraction of sp³-hybridized carbons (Fsp3) is 0.385. The van der Waals surface area contributed by atoms with E-state index in [4.69, 9.17) is 0 Å². The molecule has 1 atom stereocenters. The first-order chi connectivity index (χ1) is 17.6. The molecule has 1 aliphatic rings. The van der Waals surface area contributed by atoms with Gasteiger partial charge in [-0.05, 0) is 67.5 Å². The van der Waals surface area contributed by atoms with Crippen molar-refractivity contribution in [2.45, 2.75) is 64.2 Å². The predicted octanol–water partition coefficient (Wildman–Crippen LogP) is 6.15. The van der Waals surface area contributed by atoms with Gasteiger partial charge in [-0.3, -0.25) is 14.5 Å². The summed E-state index contributed by atoms with van der Waals surface area (Å²) in [4.78, 5) is 28.7. The molecule has 0 saturated heterocycles. The zero-order chi connectivity index (χ0) is 26.7. The number of alkyl halides is 3. The summed E-state index contributed by atoms with van der Waals surface area (Å²) in [7, 11) is 0. The molecule has 0 spiro atoms. The average molecular weight is 535 g/mol. The molecule has 11 heteroatoms. The summed E-state index contributed by atoms with van der Waals surface area (Å²) in [6.07, 6.45) is -0.653. The molecule has 1 aliphatic carbocycles. The fourth-order valence-corrected chi connectivity index (χ4v) is 5.16. The molecule has 0 bridgehead atoms. The van der Waals surface area contributed by atoms with Gasteiger partial charge in [0, 0.05) is 11.7 Å². The third kappa shape index (κ3) is 5.82. The van der Waals surface area contributed by atoms with E-state index < -0.39 is 41.0 Å². The highest BCUT2D eigenvalue weighted by atomic mass is 32.1. The normalized spacial score (nSPS) is 15.3. The maximum atomic E-state index is 14.7. The van der Waals surface area contributed by atoms with Crippen LogP contribution in [0.1, 0.15) is 70.2 Å². The summed E-state index contributed by atoms with van der Waals surface area (Å²) in [6, 6.07) is 6.56. The molecule has 1 heterocycles. The van der Waals surface area contributed by atoms with E-state index in [9.17, 15) is 27.2 Å². The Bertz CT molecular complexity index is 1290. The number of aryl methyl sites for hydroxylation is 2. The van der Waals surface area contributed by atoms with Gasteiger partial charge in [-0.15, -0.1) is 5.10 Å². The van der Waals surface area contributed by atoms with E-state index in [1.165, 1.54) is 44.2 Å². The number of halogens is 4. The van der Waals surface area contributed by atoms with Crippen molar-refractivity contribution in [1.29, 1.82) is 0 Å². The Morgan fingerprint density at radius 1 is 1.08 bits per heavy atom. The van der Waals surface area contributed by atoms with Crippen molar-refractivity contribution in [1.82, 2.24) is 14.9 Å². The van der Waals surface area contributed by atoms with Crippen molar-refractivity contribution in [2.24, 2.45) is 0 Å². The molecule has 4 rings (SSSR count). The molecule has 196 valence electrons. The second kappa shape index (κ2) is 11.0. The number of aromatic nitrogens is 2. The Morgan fingerprint density at radius 3 is 2.41 bits per heavy atom. The lowest BCUT2D eigenvalue weighted by Crippen LogP contribution is -2.48. The lowest BCUT2D eigenvalue weighted by Gasteiger charge is -2.34. The number of hydrogen-bond donors (Lipinski definition) is 1. The van der Waals surface area contributed by atoms with Gasteiger partial charge >= 0.3 is 6.18 Å². The van der Waals surface area contributed by atoms with E-state index in [2.05, 4.69) is 14.9 Å². The van der Waals surface area contributed by atoms with Gasteiger partial charge < -0.3 is 5.32 Å². The number of rotatable bonds is 6. The number of amides is 2. The first-order valence-electron chi connectivity index (χ1n) is 11.9. The molecule has 37 heavy (non-hydrogen) atoms. The Kier molecular flexibility index (Phi) is 7.91. The van der Waals surface area contributed by atoms with Gasteiger partial charge in [0.15, 0.2) is 0 Å². The smallest absolute Gasteiger partial charge is 0.351 e. The fourth-order valence-electron chi connectivity index (χ4n) is 4.57. The van der Waals surface area contributed by atoms with Crippen LogP contribution in [0.3, 0.4) is 0 Å². The van der Waals surface area contributed by atoms with Gasteiger partial charge in [0.1, 0.15) is 16.7 Å². The van der Waals surface area contributed by atoms with Crippen LogP contribution in [-0.2, 0) is 11.0 Å². The second-order valence-electron chi connectivity index (χ2n) is 9.13.